The maximum atomic E-state index is 12.7. The molecular weight excluding hydrogens is 382 g/mol. The fraction of sp³-hybridized carbons (Fsp3) is 0.182. The van der Waals surface area contributed by atoms with Crippen LogP contribution >= 0.6 is 0 Å². The van der Waals surface area contributed by atoms with E-state index in [1.165, 1.54) is 22.5 Å². The fourth-order valence-corrected chi connectivity index (χ4v) is 3.47. The molecule has 0 spiro atoms. The van der Waals surface area contributed by atoms with Crippen LogP contribution in [0.25, 0.3) is 11.2 Å². The van der Waals surface area contributed by atoms with Gasteiger partial charge in [0.15, 0.2) is 11.2 Å². The number of hydrogen-bond donors (Lipinski definition) is 1. The Bertz CT molecular complexity index is 1350. The van der Waals surface area contributed by atoms with Gasteiger partial charge in [-0.05, 0) is 23.6 Å². The molecule has 2 aromatic carbocycles. The smallest absolute Gasteiger partial charge is 0.324 e. The Balaban J connectivity index is 1.60. The van der Waals surface area contributed by atoms with Crippen LogP contribution in [0, 0.1) is 0 Å². The summed E-state index contributed by atoms with van der Waals surface area (Å²) in [6.45, 7) is -0.0936. The van der Waals surface area contributed by atoms with E-state index < -0.39 is 11.2 Å². The number of amides is 1. The Kier molecular flexibility index (Phi) is 5.05. The maximum Gasteiger partial charge on any atom is 0.332 e. The summed E-state index contributed by atoms with van der Waals surface area (Å²) >= 11 is 0. The van der Waals surface area contributed by atoms with E-state index in [-0.39, 0.29) is 23.6 Å². The molecule has 0 saturated heterocycles. The summed E-state index contributed by atoms with van der Waals surface area (Å²) < 4.78 is 3.76. The maximum absolute atomic E-state index is 12.7. The molecule has 2 heterocycles. The number of rotatable bonds is 5. The highest BCUT2D eigenvalue weighted by molar-refractivity contribution is 5.92. The summed E-state index contributed by atoms with van der Waals surface area (Å²) in [4.78, 5) is 41.5. The van der Waals surface area contributed by atoms with E-state index in [2.05, 4.69) is 10.3 Å². The van der Waals surface area contributed by atoms with Crippen molar-refractivity contribution in [3.63, 3.8) is 0 Å². The summed E-state index contributed by atoms with van der Waals surface area (Å²) in [5.74, 6) is -0.286. The Morgan fingerprint density at radius 1 is 0.967 bits per heavy atom. The number of carbonyl (C=O) groups is 1. The van der Waals surface area contributed by atoms with Gasteiger partial charge in [-0.25, -0.2) is 9.78 Å². The zero-order valence-corrected chi connectivity index (χ0v) is 16.7. The van der Waals surface area contributed by atoms with Crippen molar-refractivity contribution in [3.8, 4) is 0 Å². The number of benzene rings is 2. The van der Waals surface area contributed by atoms with Gasteiger partial charge in [0.25, 0.3) is 5.56 Å². The normalized spacial score (nSPS) is 11.0. The lowest BCUT2D eigenvalue weighted by atomic mass is 10.0. The number of para-hydroxylation sites is 1. The minimum absolute atomic E-state index is 0.0936. The molecule has 8 nitrogen and oxygen atoms in total. The van der Waals surface area contributed by atoms with E-state index in [1.807, 2.05) is 54.6 Å². The van der Waals surface area contributed by atoms with E-state index in [0.29, 0.717) is 6.42 Å². The Labute approximate surface area is 172 Å². The van der Waals surface area contributed by atoms with Crippen LogP contribution in [0.15, 0.2) is 70.5 Å². The topological polar surface area (TPSA) is 90.9 Å². The summed E-state index contributed by atoms with van der Waals surface area (Å²) in [6.07, 6.45) is 2.09. The summed E-state index contributed by atoms with van der Waals surface area (Å²) in [5, 5.41) is 2.93. The lowest BCUT2D eigenvalue weighted by Crippen LogP contribution is -2.37. The van der Waals surface area contributed by atoms with Crippen LogP contribution in [0.4, 0.5) is 5.69 Å². The quantitative estimate of drug-likeness (QED) is 0.549. The molecule has 0 aliphatic heterocycles. The van der Waals surface area contributed by atoms with Gasteiger partial charge in [-0.2, -0.15) is 0 Å². The van der Waals surface area contributed by atoms with Crippen molar-refractivity contribution in [1.82, 2.24) is 18.7 Å². The molecular formula is C22H21N5O3. The third-order valence-corrected chi connectivity index (χ3v) is 5.06. The molecule has 4 rings (SSSR count). The number of aromatic nitrogens is 4. The fourth-order valence-electron chi connectivity index (χ4n) is 3.47. The molecule has 0 saturated carbocycles. The SMILES string of the molecule is Cn1c(=O)c2c(ncn2CC(=O)Nc2ccccc2Cc2ccccc2)n(C)c1=O. The predicted octanol–water partition coefficient (Wildman–Crippen LogP) is 1.66. The van der Waals surface area contributed by atoms with Gasteiger partial charge in [0.1, 0.15) is 6.54 Å². The van der Waals surface area contributed by atoms with Crippen molar-refractivity contribution in [1.29, 1.82) is 0 Å². The second-order valence-corrected chi connectivity index (χ2v) is 7.12. The van der Waals surface area contributed by atoms with Crippen LogP contribution in [-0.2, 0) is 31.9 Å². The van der Waals surface area contributed by atoms with E-state index in [9.17, 15) is 14.4 Å². The zero-order chi connectivity index (χ0) is 21.3. The third-order valence-electron chi connectivity index (χ3n) is 5.06. The standard InChI is InChI=1S/C22H21N5O3/c1-25-20-19(21(29)26(2)22(25)30)27(14-23-20)13-18(28)24-17-11-7-6-10-16(17)12-15-8-4-3-5-9-15/h3-11,14H,12-13H2,1-2H3,(H,24,28). The van der Waals surface area contributed by atoms with Gasteiger partial charge in [-0.1, -0.05) is 48.5 Å². The van der Waals surface area contributed by atoms with Crippen LogP contribution < -0.4 is 16.6 Å². The molecule has 8 heteroatoms. The highest BCUT2D eigenvalue weighted by Crippen LogP contribution is 2.19. The number of anilines is 1. The molecule has 0 bridgehead atoms. The molecule has 2 aromatic heterocycles. The first kappa shape index (κ1) is 19.4. The van der Waals surface area contributed by atoms with Crippen LogP contribution in [0.1, 0.15) is 11.1 Å². The molecule has 0 unspecified atom stereocenters. The van der Waals surface area contributed by atoms with Gasteiger partial charge in [-0.3, -0.25) is 18.7 Å². The molecule has 0 radical (unpaired) electrons. The zero-order valence-electron chi connectivity index (χ0n) is 16.7. The van der Waals surface area contributed by atoms with Crippen LogP contribution in [0.2, 0.25) is 0 Å². The van der Waals surface area contributed by atoms with Gasteiger partial charge in [0.2, 0.25) is 5.91 Å². The summed E-state index contributed by atoms with van der Waals surface area (Å²) in [5.41, 5.74) is 2.37. The second kappa shape index (κ2) is 7.82. The van der Waals surface area contributed by atoms with Crippen molar-refractivity contribution in [2.45, 2.75) is 13.0 Å². The predicted molar refractivity (Wildman–Crippen MR) is 115 cm³/mol. The van der Waals surface area contributed by atoms with Gasteiger partial charge < -0.3 is 9.88 Å². The molecule has 1 N–H and O–H groups in total. The Morgan fingerprint density at radius 2 is 1.67 bits per heavy atom. The van der Waals surface area contributed by atoms with Crippen molar-refractivity contribution < 1.29 is 4.79 Å². The number of hydrogen-bond acceptors (Lipinski definition) is 4. The number of fused-ring (bicyclic) bond motifs is 1. The van der Waals surface area contributed by atoms with E-state index in [0.717, 1.165) is 21.4 Å². The van der Waals surface area contributed by atoms with E-state index in [4.69, 9.17) is 0 Å². The molecule has 30 heavy (non-hydrogen) atoms. The first-order valence-electron chi connectivity index (χ1n) is 9.48. The lowest BCUT2D eigenvalue weighted by molar-refractivity contribution is -0.116. The van der Waals surface area contributed by atoms with Gasteiger partial charge in [0, 0.05) is 19.8 Å². The third kappa shape index (κ3) is 3.55. The van der Waals surface area contributed by atoms with Gasteiger partial charge in [0.05, 0.1) is 6.33 Å². The average molecular weight is 403 g/mol. The molecule has 0 fully saturated rings. The number of aryl methyl sites for hydroxylation is 1. The molecule has 1 amide bonds. The number of nitrogens with one attached hydrogen (secondary N) is 1. The van der Waals surface area contributed by atoms with Crippen LogP contribution in [0.5, 0.6) is 0 Å². The van der Waals surface area contributed by atoms with E-state index in [1.54, 1.807) is 7.05 Å². The van der Waals surface area contributed by atoms with E-state index >= 15 is 0 Å². The molecule has 0 aliphatic carbocycles. The van der Waals surface area contributed by atoms with Crippen molar-refractivity contribution >= 4 is 22.8 Å². The number of carbonyl (C=O) groups excluding carboxylic acids is 1. The Morgan fingerprint density at radius 3 is 2.43 bits per heavy atom. The molecule has 0 aliphatic rings. The molecule has 0 atom stereocenters. The van der Waals surface area contributed by atoms with Crippen molar-refractivity contribution in [2.75, 3.05) is 5.32 Å². The number of nitrogens with zero attached hydrogens (tertiary/aromatic N) is 4. The number of imidazole rings is 1. The van der Waals surface area contributed by atoms with Crippen LogP contribution in [-0.4, -0.2) is 24.6 Å². The van der Waals surface area contributed by atoms with Crippen molar-refractivity contribution in [2.24, 2.45) is 14.1 Å². The first-order chi connectivity index (χ1) is 14.5. The van der Waals surface area contributed by atoms with Gasteiger partial charge in [-0.15, -0.1) is 0 Å². The summed E-state index contributed by atoms with van der Waals surface area (Å²) in [7, 11) is 2.95. The molecule has 4 aromatic rings. The van der Waals surface area contributed by atoms with Crippen molar-refractivity contribution in [3.05, 3.63) is 92.9 Å². The van der Waals surface area contributed by atoms with Crippen LogP contribution in [0.3, 0.4) is 0 Å². The van der Waals surface area contributed by atoms with Gasteiger partial charge >= 0.3 is 5.69 Å². The average Bonchev–Trinajstić information content (AvgIpc) is 3.16. The minimum atomic E-state index is -0.483. The highest BCUT2D eigenvalue weighted by Gasteiger charge is 2.16. The Hall–Kier alpha value is -3.94. The lowest BCUT2D eigenvalue weighted by Gasteiger charge is -2.12. The monoisotopic (exact) mass is 403 g/mol. The highest BCUT2D eigenvalue weighted by atomic mass is 16.2. The minimum Gasteiger partial charge on any atom is -0.324 e. The molecule has 152 valence electrons. The largest absolute Gasteiger partial charge is 0.332 e. The first-order valence-corrected chi connectivity index (χ1v) is 9.48. The second-order valence-electron chi connectivity index (χ2n) is 7.12. The summed E-state index contributed by atoms with van der Waals surface area (Å²) in [6, 6.07) is 17.6.